The van der Waals surface area contributed by atoms with Crippen molar-refractivity contribution in [1.82, 2.24) is 0 Å². The molecule has 2 heteroatoms. The number of hydrogen-bond donors (Lipinski definition) is 1. The Morgan fingerprint density at radius 3 is 2.50 bits per heavy atom. The average molecular weight is 224 g/mol. The molecule has 0 aromatic heterocycles. The van der Waals surface area contributed by atoms with Crippen molar-refractivity contribution in [3.05, 3.63) is 0 Å². The maximum atomic E-state index is 9.66. The van der Waals surface area contributed by atoms with Crippen LogP contribution in [0.15, 0.2) is 0 Å². The van der Waals surface area contributed by atoms with Gasteiger partial charge in [-0.15, -0.1) is 0 Å². The van der Waals surface area contributed by atoms with E-state index in [-0.39, 0.29) is 11.7 Å². The van der Waals surface area contributed by atoms with Crippen LogP contribution in [-0.4, -0.2) is 23.4 Å². The summed E-state index contributed by atoms with van der Waals surface area (Å²) < 4.78 is 6.08. The van der Waals surface area contributed by atoms with Gasteiger partial charge in [0.1, 0.15) is 0 Å². The van der Waals surface area contributed by atoms with Gasteiger partial charge in [0.05, 0.1) is 11.7 Å². The number of hydrogen-bond acceptors (Lipinski definition) is 2. The molecule has 3 unspecified atom stereocenters. The third kappa shape index (κ3) is 2.02. The van der Waals surface area contributed by atoms with Gasteiger partial charge >= 0.3 is 0 Å². The lowest BCUT2D eigenvalue weighted by Gasteiger charge is -2.40. The summed E-state index contributed by atoms with van der Waals surface area (Å²) >= 11 is 0. The molecule has 2 saturated carbocycles. The third-order valence-corrected chi connectivity index (χ3v) is 5.16. The van der Waals surface area contributed by atoms with Crippen LogP contribution in [0, 0.1) is 11.8 Å². The van der Waals surface area contributed by atoms with Crippen molar-refractivity contribution < 1.29 is 9.84 Å². The van der Waals surface area contributed by atoms with Crippen LogP contribution in [0.2, 0.25) is 0 Å². The number of aliphatic hydroxyl groups is 1. The topological polar surface area (TPSA) is 29.5 Å². The Bertz CT molecular complexity index is 245. The summed E-state index contributed by atoms with van der Waals surface area (Å²) in [5.41, 5.74) is 0.260. The second-order valence-electron chi connectivity index (χ2n) is 6.22. The third-order valence-electron chi connectivity index (χ3n) is 5.16. The Morgan fingerprint density at radius 2 is 1.81 bits per heavy atom. The van der Waals surface area contributed by atoms with Crippen LogP contribution in [0.1, 0.15) is 57.8 Å². The highest BCUT2D eigenvalue weighted by Gasteiger charge is 2.43. The van der Waals surface area contributed by atoms with Gasteiger partial charge in [-0.05, 0) is 56.8 Å². The van der Waals surface area contributed by atoms with E-state index in [1.54, 1.807) is 0 Å². The highest BCUT2D eigenvalue weighted by atomic mass is 16.5. The first kappa shape index (κ1) is 11.0. The fourth-order valence-electron chi connectivity index (χ4n) is 4.26. The fourth-order valence-corrected chi connectivity index (χ4v) is 4.26. The van der Waals surface area contributed by atoms with Crippen LogP contribution in [0.3, 0.4) is 0 Å². The van der Waals surface area contributed by atoms with Crippen LogP contribution >= 0.6 is 0 Å². The Labute approximate surface area is 98.4 Å². The monoisotopic (exact) mass is 224 g/mol. The van der Waals surface area contributed by atoms with Gasteiger partial charge in [0.15, 0.2) is 0 Å². The summed E-state index contributed by atoms with van der Waals surface area (Å²) in [5, 5.41) is 9.66. The first-order chi connectivity index (χ1) is 7.77. The molecule has 16 heavy (non-hydrogen) atoms. The van der Waals surface area contributed by atoms with Gasteiger partial charge in [-0.3, -0.25) is 0 Å². The zero-order valence-electron chi connectivity index (χ0n) is 10.2. The number of ether oxygens (including phenoxy) is 1. The van der Waals surface area contributed by atoms with E-state index in [1.165, 1.54) is 44.9 Å². The molecule has 3 atom stereocenters. The van der Waals surface area contributed by atoms with E-state index in [0.29, 0.717) is 0 Å². The van der Waals surface area contributed by atoms with Crippen molar-refractivity contribution in [3.8, 4) is 0 Å². The van der Waals surface area contributed by atoms with Crippen molar-refractivity contribution in [1.29, 1.82) is 0 Å². The van der Waals surface area contributed by atoms with Crippen LogP contribution < -0.4 is 0 Å². The van der Waals surface area contributed by atoms with E-state index < -0.39 is 0 Å². The predicted octanol–water partition coefficient (Wildman–Crippen LogP) is 2.89. The van der Waals surface area contributed by atoms with Crippen LogP contribution in [0.25, 0.3) is 0 Å². The van der Waals surface area contributed by atoms with Gasteiger partial charge in [0, 0.05) is 6.61 Å². The average Bonchev–Trinajstić information content (AvgIpc) is 2.89. The molecule has 3 fully saturated rings. The number of aliphatic hydroxyl groups excluding tert-OH is 1. The lowest BCUT2D eigenvalue weighted by Crippen LogP contribution is -2.39. The normalized spacial score (nSPS) is 42.9. The van der Waals surface area contributed by atoms with Crippen molar-refractivity contribution in [2.24, 2.45) is 11.8 Å². The van der Waals surface area contributed by atoms with Gasteiger partial charge < -0.3 is 9.84 Å². The summed E-state index contributed by atoms with van der Waals surface area (Å²) in [6.45, 7) is 0.970. The molecule has 2 aliphatic carbocycles. The molecule has 0 radical (unpaired) electrons. The number of rotatable bonds is 1. The van der Waals surface area contributed by atoms with Crippen molar-refractivity contribution in [2.45, 2.75) is 69.5 Å². The zero-order valence-corrected chi connectivity index (χ0v) is 10.2. The van der Waals surface area contributed by atoms with Crippen LogP contribution in [0.4, 0.5) is 0 Å². The minimum atomic E-state index is -0.00706. The van der Waals surface area contributed by atoms with E-state index in [0.717, 1.165) is 31.3 Å². The Hall–Kier alpha value is -0.0800. The molecule has 1 heterocycles. The Kier molecular flexibility index (Phi) is 2.97. The summed E-state index contributed by atoms with van der Waals surface area (Å²) in [5.74, 6) is 1.63. The quantitative estimate of drug-likeness (QED) is 0.742. The Morgan fingerprint density at radius 1 is 1.00 bits per heavy atom. The predicted molar refractivity (Wildman–Crippen MR) is 63.2 cm³/mol. The second-order valence-corrected chi connectivity index (χ2v) is 6.22. The zero-order chi connectivity index (χ0) is 11.0. The minimum absolute atomic E-state index is 0.00706. The van der Waals surface area contributed by atoms with E-state index >= 15 is 0 Å². The molecular formula is C14H24O2. The van der Waals surface area contributed by atoms with E-state index in [1.807, 2.05) is 0 Å². The molecule has 92 valence electrons. The van der Waals surface area contributed by atoms with Crippen LogP contribution in [-0.2, 0) is 4.74 Å². The molecule has 3 aliphatic rings. The van der Waals surface area contributed by atoms with E-state index in [2.05, 4.69) is 0 Å². The molecule has 0 aromatic rings. The first-order valence-electron chi connectivity index (χ1n) is 7.09. The van der Waals surface area contributed by atoms with Gasteiger partial charge in [-0.25, -0.2) is 0 Å². The lowest BCUT2D eigenvalue weighted by molar-refractivity contribution is -0.102. The molecule has 3 rings (SSSR count). The van der Waals surface area contributed by atoms with Crippen molar-refractivity contribution in [2.75, 3.05) is 6.61 Å². The van der Waals surface area contributed by atoms with E-state index in [4.69, 9.17) is 4.74 Å². The van der Waals surface area contributed by atoms with Gasteiger partial charge in [0.25, 0.3) is 0 Å². The molecule has 1 spiro atoms. The molecule has 2 nitrogen and oxygen atoms in total. The fraction of sp³-hybridized carbons (Fsp3) is 1.00. The first-order valence-corrected chi connectivity index (χ1v) is 7.09. The van der Waals surface area contributed by atoms with Crippen LogP contribution in [0.5, 0.6) is 0 Å². The van der Waals surface area contributed by atoms with Crippen molar-refractivity contribution in [3.63, 3.8) is 0 Å². The molecule has 1 N–H and O–H groups in total. The maximum absolute atomic E-state index is 9.66. The standard InChI is InChI=1S/C14H24O2/c15-13-4-3-11(9-13)12-5-8-16-14(10-12)6-1-2-7-14/h11-13,15H,1-10H2. The molecule has 1 aliphatic heterocycles. The SMILES string of the molecule is OC1CCC(C2CCOC3(CCCC3)C2)C1. The van der Waals surface area contributed by atoms with Gasteiger partial charge in [-0.1, -0.05) is 12.8 Å². The summed E-state index contributed by atoms with van der Waals surface area (Å²) in [6.07, 6.45) is 11.2. The maximum Gasteiger partial charge on any atom is 0.0685 e. The highest BCUT2D eigenvalue weighted by Crippen LogP contribution is 2.46. The molecular weight excluding hydrogens is 200 g/mol. The van der Waals surface area contributed by atoms with Crippen molar-refractivity contribution >= 4 is 0 Å². The lowest BCUT2D eigenvalue weighted by atomic mass is 9.77. The Balaban J connectivity index is 1.63. The van der Waals surface area contributed by atoms with E-state index in [9.17, 15) is 5.11 Å². The summed E-state index contributed by atoms with van der Waals surface area (Å²) in [4.78, 5) is 0. The smallest absolute Gasteiger partial charge is 0.0685 e. The molecule has 0 amide bonds. The summed E-state index contributed by atoms with van der Waals surface area (Å²) in [6, 6.07) is 0. The largest absolute Gasteiger partial charge is 0.393 e. The highest BCUT2D eigenvalue weighted by molar-refractivity contribution is 4.94. The molecule has 0 aromatic carbocycles. The minimum Gasteiger partial charge on any atom is -0.393 e. The summed E-state index contributed by atoms with van der Waals surface area (Å²) in [7, 11) is 0. The van der Waals surface area contributed by atoms with Gasteiger partial charge in [0.2, 0.25) is 0 Å². The van der Waals surface area contributed by atoms with Gasteiger partial charge in [-0.2, -0.15) is 0 Å². The second kappa shape index (κ2) is 4.30. The molecule has 1 saturated heterocycles. The molecule has 0 bridgehead atoms.